The molecule has 5 nitrogen and oxygen atoms in total. The van der Waals surface area contributed by atoms with Crippen LogP contribution in [0.25, 0.3) is 0 Å². The van der Waals surface area contributed by atoms with Gasteiger partial charge in [0.05, 0.1) is 19.7 Å². The normalized spacial score (nSPS) is 18.5. The van der Waals surface area contributed by atoms with E-state index in [1.165, 1.54) is 16.7 Å². The lowest BCUT2D eigenvalue weighted by atomic mass is 9.95. The average molecular weight is 475 g/mol. The molecule has 2 N–H and O–H groups in total. The van der Waals surface area contributed by atoms with Gasteiger partial charge in [-0.2, -0.15) is 0 Å². The Morgan fingerprint density at radius 2 is 2.12 bits per heavy atom. The van der Waals surface area contributed by atoms with Crippen molar-refractivity contribution in [1.82, 2.24) is 10.2 Å². The smallest absolute Gasteiger partial charge is 0.194 e. The van der Waals surface area contributed by atoms with Crippen LogP contribution in [0.1, 0.15) is 43.6 Å². The molecule has 1 aliphatic rings. The molecule has 1 fully saturated rings. The number of morpholine rings is 1. The van der Waals surface area contributed by atoms with Gasteiger partial charge < -0.3 is 20.1 Å². The second kappa shape index (κ2) is 10.5. The molecule has 26 heavy (non-hydrogen) atoms. The van der Waals surface area contributed by atoms with Crippen LogP contribution in [0.5, 0.6) is 0 Å². The summed E-state index contributed by atoms with van der Waals surface area (Å²) in [4.78, 5) is 7.03. The van der Waals surface area contributed by atoms with E-state index < -0.39 is 0 Å². The lowest BCUT2D eigenvalue weighted by Crippen LogP contribution is -2.48. The van der Waals surface area contributed by atoms with E-state index in [2.05, 4.69) is 49.2 Å². The van der Waals surface area contributed by atoms with Crippen molar-refractivity contribution in [3.63, 3.8) is 0 Å². The molecule has 1 aromatic rings. The van der Waals surface area contributed by atoms with E-state index in [0.717, 1.165) is 25.6 Å². The van der Waals surface area contributed by atoms with Gasteiger partial charge in [-0.25, -0.2) is 0 Å². The van der Waals surface area contributed by atoms with E-state index in [1.54, 1.807) is 0 Å². The molecular weight excluding hydrogens is 441 g/mol. The number of aliphatic hydroxyl groups is 1. The predicted molar refractivity (Wildman–Crippen MR) is 118 cm³/mol. The van der Waals surface area contributed by atoms with Gasteiger partial charge in [0.15, 0.2) is 5.96 Å². The number of ether oxygens (including phenoxy) is 1. The SMILES string of the molecule is CCNC(=NCC(C)(C)CO)N1CCOC(c2ccc(C)cc2C)C1.I. The van der Waals surface area contributed by atoms with Crippen LogP contribution >= 0.6 is 24.0 Å². The van der Waals surface area contributed by atoms with Crippen LogP contribution in [0.2, 0.25) is 0 Å². The minimum atomic E-state index is -0.208. The number of nitrogens with zero attached hydrogens (tertiary/aromatic N) is 2. The number of guanidine groups is 1. The first-order chi connectivity index (χ1) is 11.9. The number of rotatable bonds is 5. The second-order valence-electron chi connectivity index (χ2n) is 7.66. The third-order valence-electron chi connectivity index (χ3n) is 4.56. The van der Waals surface area contributed by atoms with Gasteiger partial charge in [0, 0.05) is 25.1 Å². The number of hydrogen-bond acceptors (Lipinski definition) is 3. The van der Waals surface area contributed by atoms with Crippen molar-refractivity contribution >= 4 is 29.9 Å². The summed E-state index contributed by atoms with van der Waals surface area (Å²) in [5, 5.41) is 12.9. The van der Waals surface area contributed by atoms with Crippen LogP contribution in [0, 0.1) is 19.3 Å². The van der Waals surface area contributed by atoms with E-state index in [-0.39, 0.29) is 42.1 Å². The molecule has 1 aromatic carbocycles. The number of nitrogens with one attached hydrogen (secondary N) is 1. The lowest BCUT2D eigenvalue weighted by molar-refractivity contribution is -0.00842. The lowest BCUT2D eigenvalue weighted by Gasteiger charge is -2.36. The van der Waals surface area contributed by atoms with Gasteiger partial charge in [0.2, 0.25) is 0 Å². The fourth-order valence-electron chi connectivity index (χ4n) is 2.98. The molecule has 0 aliphatic carbocycles. The van der Waals surface area contributed by atoms with Crippen LogP contribution in [0.4, 0.5) is 0 Å². The Kier molecular flexibility index (Phi) is 9.33. The summed E-state index contributed by atoms with van der Waals surface area (Å²) in [5.41, 5.74) is 3.59. The van der Waals surface area contributed by atoms with Crippen LogP contribution < -0.4 is 5.32 Å². The van der Waals surface area contributed by atoms with E-state index >= 15 is 0 Å². The Balaban J connectivity index is 0.00000338. The number of halogens is 1. The Bertz CT molecular complexity index is 605. The molecule has 1 heterocycles. The highest BCUT2D eigenvalue weighted by Crippen LogP contribution is 2.26. The summed E-state index contributed by atoms with van der Waals surface area (Å²) in [6, 6.07) is 6.53. The Labute approximate surface area is 175 Å². The Hall–Kier alpha value is -0.860. The van der Waals surface area contributed by atoms with E-state index in [0.29, 0.717) is 13.2 Å². The van der Waals surface area contributed by atoms with E-state index in [1.807, 2.05) is 13.8 Å². The molecule has 0 radical (unpaired) electrons. The minimum absolute atomic E-state index is 0. The van der Waals surface area contributed by atoms with Gasteiger partial charge in [-0.05, 0) is 31.9 Å². The molecule has 0 saturated carbocycles. The number of benzene rings is 1. The maximum Gasteiger partial charge on any atom is 0.194 e. The van der Waals surface area contributed by atoms with Gasteiger partial charge >= 0.3 is 0 Å². The molecule has 1 aliphatic heterocycles. The summed E-state index contributed by atoms with van der Waals surface area (Å²) in [5.74, 6) is 0.905. The van der Waals surface area contributed by atoms with Crippen molar-refractivity contribution in [1.29, 1.82) is 0 Å². The van der Waals surface area contributed by atoms with Gasteiger partial charge in [-0.15, -0.1) is 24.0 Å². The third-order valence-corrected chi connectivity index (χ3v) is 4.56. The zero-order valence-electron chi connectivity index (χ0n) is 16.7. The first-order valence-electron chi connectivity index (χ1n) is 9.19. The molecule has 148 valence electrons. The Morgan fingerprint density at radius 1 is 1.38 bits per heavy atom. The van der Waals surface area contributed by atoms with Crippen molar-refractivity contribution < 1.29 is 9.84 Å². The maximum atomic E-state index is 9.47. The summed E-state index contributed by atoms with van der Waals surface area (Å²) in [6.45, 7) is 14.2. The van der Waals surface area contributed by atoms with E-state index in [4.69, 9.17) is 9.73 Å². The first kappa shape index (κ1) is 23.2. The summed E-state index contributed by atoms with van der Waals surface area (Å²) >= 11 is 0. The van der Waals surface area contributed by atoms with Crippen molar-refractivity contribution in [3.8, 4) is 0 Å². The van der Waals surface area contributed by atoms with Crippen LogP contribution in [-0.4, -0.2) is 55.4 Å². The monoisotopic (exact) mass is 475 g/mol. The van der Waals surface area contributed by atoms with Crippen LogP contribution in [0.15, 0.2) is 23.2 Å². The van der Waals surface area contributed by atoms with Gasteiger partial charge in [0.1, 0.15) is 6.10 Å². The minimum Gasteiger partial charge on any atom is -0.396 e. The number of hydrogen-bond donors (Lipinski definition) is 2. The topological polar surface area (TPSA) is 57.1 Å². The quantitative estimate of drug-likeness (QED) is 0.390. The molecule has 0 bridgehead atoms. The molecule has 1 saturated heterocycles. The summed E-state index contributed by atoms with van der Waals surface area (Å²) in [6.07, 6.45) is 0.0593. The maximum absolute atomic E-state index is 9.47. The molecule has 0 aromatic heterocycles. The van der Waals surface area contributed by atoms with Crippen LogP contribution in [0.3, 0.4) is 0 Å². The van der Waals surface area contributed by atoms with Crippen molar-refractivity contribution in [3.05, 3.63) is 34.9 Å². The number of aryl methyl sites for hydroxylation is 2. The van der Waals surface area contributed by atoms with Gasteiger partial charge in [-0.3, -0.25) is 4.99 Å². The highest BCUT2D eigenvalue weighted by molar-refractivity contribution is 14.0. The molecule has 0 spiro atoms. The fourth-order valence-corrected chi connectivity index (χ4v) is 2.98. The first-order valence-corrected chi connectivity index (χ1v) is 9.19. The zero-order valence-corrected chi connectivity index (χ0v) is 19.0. The average Bonchev–Trinajstić information content (AvgIpc) is 2.58. The molecule has 1 unspecified atom stereocenters. The molecule has 2 rings (SSSR count). The predicted octanol–water partition coefficient (Wildman–Crippen LogP) is 3.28. The fraction of sp³-hybridized carbons (Fsp3) is 0.650. The van der Waals surface area contributed by atoms with Crippen molar-refractivity contribution in [2.75, 3.05) is 39.4 Å². The zero-order chi connectivity index (χ0) is 18.4. The molecular formula is C20H34IN3O2. The van der Waals surface area contributed by atoms with E-state index in [9.17, 15) is 5.11 Å². The third kappa shape index (κ3) is 6.39. The van der Waals surface area contributed by atoms with Gasteiger partial charge in [0.25, 0.3) is 0 Å². The summed E-state index contributed by atoms with van der Waals surface area (Å²) < 4.78 is 6.05. The number of aliphatic imine (C=N–C) groups is 1. The van der Waals surface area contributed by atoms with Crippen LogP contribution in [-0.2, 0) is 4.74 Å². The van der Waals surface area contributed by atoms with Gasteiger partial charge in [-0.1, -0.05) is 37.6 Å². The molecule has 6 heteroatoms. The standard InChI is InChI=1S/C20H33N3O2.HI/c1-6-21-19(22-13-20(4,5)14-24)23-9-10-25-18(12-23)17-8-7-15(2)11-16(17)3;/h7-8,11,18,24H,6,9-10,12-14H2,1-5H3,(H,21,22);1H. The Morgan fingerprint density at radius 3 is 2.73 bits per heavy atom. The highest BCUT2D eigenvalue weighted by Gasteiger charge is 2.26. The van der Waals surface area contributed by atoms with Crippen molar-refractivity contribution in [2.45, 2.75) is 40.7 Å². The summed E-state index contributed by atoms with van der Waals surface area (Å²) in [7, 11) is 0. The largest absolute Gasteiger partial charge is 0.396 e. The van der Waals surface area contributed by atoms with Crippen molar-refractivity contribution in [2.24, 2.45) is 10.4 Å². The molecule has 0 amide bonds. The highest BCUT2D eigenvalue weighted by atomic mass is 127. The second-order valence-corrected chi connectivity index (χ2v) is 7.66. The number of aliphatic hydroxyl groups excluding tert-OH is 1. The molecule has 1 atom stereocenters.